The van der Waals surface area contributed by atoms with Gasteiger partial charge in [0, 0.05) is 30.5 Å². The van der Waals surface area contributed by atoms with E-state index in [1.807, 2.05) is 13.8 Å². The predicted molar refractivity (Wildman–Crippen MR) is 97.7 cm³/mol. The van der Waals surface area contributed by atoms with Crippen molar-refractivity contribution in [1.29, 1.82) is 0 Å². The van der Waals surface area contributed by atoms with Gasteiger partial charge in [-0.2, -0.15) is 0 Å². The van der Waals surface area contributed by atoms with Crippen molar-refractivity contribution in [2.24, 2.45) is 0 Å². The van der Waals surface area contributed by atoms with Crippen LogP contribution in [0.4, 0.5) is 0 Å². The van der Waals surface area contributed by atoms with Gasteiger partial charge in [0.25, 0.3) is 5.56 Å². The van der Waals surface area contributed by atoms with Gasteiger partial charge >= 0.3 is 0 Å². The summed E-state index contributed by atoms with van der Waals surface area (Å²) in [5, 5.41) is 1.86. The van der Waals surface area contributed by atoms with Crippen LogP contribution in [0.3, 0.4) is 0 Å². The average molecular weight is 353 g/mol. The molecule has 0 aliphatic heterocycles. The fourth-order valence-electron chi connectivity index (χ4n) is 2.14. The van der Waals surface area contributed by atoms with Gasteiger partial charge in [-0.25, -0.2) is 4.98 Å². The van der Waals surface area contributed by atoms with Crippen LogP contribution in [-0.2, 0) is 11.3 Å². The zero-order chi connectivity index (χ0) is 16.8. The van der Waals surface area contributed by atoms with Gasteiger partial charge in [0.1, 0.15) is 0 Å². The second-order valence-corrected chi connectivity index (χ2v) is 6.69. The lowest BCUT2D eigenvalue weighted by molar-refractivity contribution is 0.140. The van der Waals surface area contributed by atoms with Crippen LogP contribution in [0.2, 0.25) is 5.02 Å². The summed E-state index contributed by atoms with van der Waals surface area (Å²) in [4.78, 5) is 17.4. The van der Waals surface area contributed by atoms with Crippen LogP contribution in [0.5, 0.6) is 0 Å². The zero-order valence-electron chi connectivity index (χ0n) is 13.5. The number of ether oxygens (including phenoxy) is 1. The number of hydrogen-bond acceptors (Lipinski definition) is 4. The molecule has 0 saturated heterocycles. The molecule has 1 aromatic heterocycles. The Labute approximate surface area is 145 Å². The minimum absolute atomic E-state index is 0.0348. The number of aromatic nitrogens is 2. The molecule has 23 heavy (non-hydrogen) atoms. The Balaban J connectivity index is 2.40. The van der Waals surface area contributed by atoms with Crippen LogP contribution in [0.1, 0.15) is 20.3 Å². The summed E-state index contributed by atoms with van der Waals surface area (Å²) in [5.41, 5.74) is 1.64. The molecule has 124 valence electrons. The van der Waals surface area contributed by atoms with Gasteiger partial charge in [0.15, 0.2) is 5.16 Å². The maximum Gasteiger partial charge on any atom is 0.262 e. The van der Waals surface area contributed by atoms with Gasteiger partial charge in [-0.1, -0.05) is 35.5 Å². The van der Waals surface area contributed by atoms with Crippen molar-refractivity contribution in [3.8, 4) is 0 Å². The summed E-state index contributed by atoms with van der Waals surface area (Å²) < 4.78 is 7.09. The third-order valence-corrected chi connectivity index (χ3v) is 4.65. The first-order valence-electron chi connectivity index (χ1n) is 7.58. The summed E-state index contributed by atoms with van der Waals surface area (Å²) in [6.07, 6.45) is 0.773. The SMILES string of the molecule is C=C(C)CSc1nc2cc(Cl)ccc2c(=O)n1CCCOCC. The lowest BCUT2D eigenvalue weighted by Gasteiger charge is -2.13. The van der Waals surface area contributed by atoms with E-state index in [-0.39, 0.29) is 5.56 Å². The quantitative estimate of drug-likeness (QED) is 0.310. The van der Waals surface area contributed by atoms with Crippen molar-refractivity contribution in [3.05, 3.63) is 45.7 Å². The van der Waals surface area contributed by atoms with Crippen molar-refractivity contribution in [3.63, 3.8) is 0 Å². The number of halogens is 1. The molecular weight excluding hydrogens is 332 g/mol. The minimum atomic E-state index is -0.0348. The number of nitrogens with zero attached hydrogens (tertiary/aromatic N) is 2. The zero-order valence-corrected chi connectivity index (χ0v) is 15.0. The highest BCUT2D eigenvalue weighted by Gasteiger charge is 2.12. The number of hydrogen-bond donors (Lipinski definition) is 0. The van der Waals surface area contributed by atoms with E-state index in [9.17, 15) is 4.79 Å². The topological polar surface area (TPSA) is 44.1 Å². The van der Waals surface area contributed by atoms with E-state index in [0.717, 1.165) is 17.7 Å². The van der Waals surface area contributed by atoms with Crippen LogP contribution in [-0.4, -0.2) is 28.5 Å². The Morgan fingerprint density at radius 3 is 2.96 bits per heavy atom. The highest BCUT2D eigenvalue weighted by Crippen LogP contribution is 2.21. The van der Waals surface area contributed by atoms with Crippen LogP contribution in [0.15, 0.2) is 40.3 Å². The lowest BCUT2D eigenvalue weighted by atomic mass is 10.2. The van der Waals surface area contributed by atoms with Crippen molar-refractivity contribution in [2.45, 2.75) is 32.0 Å². The molecule has 6 heteroatoms. The number of benzene rings is 1. The molecule has 0 aliphatic rings. The van der Waals surface area contributed by atoms with E-state index in [4.69, 9.17) is 16.3 Å². The summed E-state index contributed by atoms with van der Waals surface area (Å²) in [5.74, 6) is 0.726. The normalized spacial score (nSPS) is 11.1. The number of fused-ring (bicyclic) bond motifs is 1. The molecule has 2 rings (SSSR count). The van der Waals surface area contributed by atoms with E-state index in [1.165, 1.54) is 11.8 Å². The standard InChI is InChI=1S/C17H21ClN2O2S/c1-4-22-9-5-8-20-16(21)14-7-6-13(18)10-15(14)19-17(20)23-11-12(2)3/h6-7,10H,2,4-5,8-9,11H2,1,3H3. The lowest BCUT2D eigenvalue weighted by Crippen LogP contribution is -2.24. The van der Waals surface area contributed by atoms with Gasteiger partial charge in [-0.15, -0.1) is 0 Å². The van der Waals surface area contributed by atoms with E-state index in [1.54, 1.807) is 22.8 Å². The molecule has 0 bridgehead atoms. The molecule has 0 radical (unpaired) electrons. The molecule has 0 aliphatic carbocycles. The van der Waals surface area contributed by atoms with Gasteiger partial charge in [-0.3, -0.25) is 9.36 Å². The summed E-state index contributed by atoms with van der Waals surface area (Å²) in [6.45, 7) is 9.73. The van der Waals surface area contributed by atoms with Gasteiger partial charge < -0.3 is 4.74 Å². The van der Waals surface area contributed by atoms with Crippen LogP contribution in [0, 0.1) is 0 Å². The van der Waals surface area contributed by atoms with Gasteiger partial charge in [0.2, 0.25) is 0 Å². The Bertz CT molecular complexity index is 758. The summed E-state index contributed by atoms with van der Waals surface area (Å²) >= 11 is 7.54. The Morgan fingerprint density at radius 1 is 1.48 bits per heavy atom. The molecule has 0 spiro atoms. The Kier molecular flexibility index (Phi) is 6.69. The highest BCUT2D eigenvalue weighted by atomic mass is 35.5. The van der Waals surface area contributed by atoms with Gasteiger partial charge in [0.05, 0.1) is 10.9 Å². The van der Waals surface area contributed by atoms with Crippen LogP contribution in [0.25, 0.3) is 10.9 Å². The first kappa shape index (κ1) is 18.0. The molecule has 0 unspecified atom stereocenters. The molecule has 1 heterocycles. The average Bonchev–Trinajstić information content (AvgIpc) is 2.51. The van der Waals surface area contributed by atoms with Crippen LogP contribution >= 0.6 is 23.4 Å². The van der Waals surface area contributed by atoms with Gasteiger partial charge in [-0.05, 0) is 38.5 Å². The van der Waals surface area contributed by atoms with E-state index in [0.29, 0.717) is 40.8 Å². The maximum atomic E-state index is 12.8. The monoisotopic (exact) mass is 352 g/mol. The second kappa shape index (κ2) is 8.52. The molecule has 0 atom stereocenters. The smallest absolute Gasteiger partial charge is 0.262 e. The Morgan fingerprint density at radius 2 is 2.26 bits per heavy atom. The van der Waals surface area contributed by atoms with E-state index in [2.05, 4.69) is 11.6 Å². The molecule has 0 saturated carbocycles. The Hall–Kier alpha value is -1.30. The fourth-order valence-corrected chi connectivity index (χ4v) is 3.17. The molecule has 0 N–H and O–H groups in total. The first-order chi connectivity index (χ1) is 11.0. The maximum absolute atomic E-state index is 12.8. The third kappa shape index (κ3) is 4.83. The third-order valence-electron chi connectivity index (χ3n) is 3.20. The molecule has 0 amide bonds. The van der Waals surface area contributed by atoms with E-state index >= 15 is 0 Å². The van der Waals surface area contributed by atoms with E-state index < -0.39 is 0 Å². The summed E-state index contributed by atoms with van der Waals surface area (Å²) in [6, 6.07) is 5.19. The van der Waals surface area contributed by atoms with Crippen molar-refractivity contribution < 1.29 is 4.74 Å². The fraction of sp³-hybridized carbons (Fsp3) is 0.412. The highest BCUT2D eigenvalue weighted by molar-refractivity contribution is 7.99. The molecular formula is C17H21ClN2O2S. The van der Waals surface area contributed by atoms with Crippen molar-refractivity contribution in [2.75, 3.05) is 19.0 Å². The predicted octanol–water partition coefficient (Wildman–Crippen LogP) is 4.14. The second-order valence-electron chi connectivity index (χ2n) is 5.31. The van der Waals surface area contributed by atoms with Crippen molar-refractivity contribution >= 4 is 34.3 Å². The first-order valence-corrected chi connectivity index (χ1v) is 8.94. The van der Waals surface area contributed by atoms with Crippen molar-refractivity contribution in [1.82, 2.24) is 9.55 Å². The number of rotatable bonds is 8. The number of thioether (sulfide) groups is 1. The molecule has 2 aromatic rings. The minimum Gasteiger partial charge on any atom is -0.382 e. The largest absolute Gasteiger partial charge is 0.382 e. The molecule has 1 aromatic carbocycles. The van der Waals surface area contributed by atoms with Crippen LogP contribution < -0.4 is 5.56 Å². The molecule has 0 fully saturated rings. The summed E-state index contributed by atoms with van der Waals surface area (Å²) in [7, 11) is 0. The molecule has 4 nitrogen and oxygen atoms in total.